The minimum absolute atomic E-state index is 0.126. The number of ether oxygens (including phenoxy) is 1. The Morgan fingerprint density at radius 1 is 1.06 bits per heavy atom. The molecule has 1 aromatic heterocycles. The van der Waals surface area contributed by atoms with Crippen molar-refractivity contribution in [3.05, 3.63) is 65.4 Å². The first-order chi connectivity index (χ1) is 16.0. The summed E-state index contributed by atoms with van der Waals surface area (Å²) in [6, 6.07) is 14.6. The molecule has 180 valence electrons. The molecule has 3 amide bonds. The van der Waals surface area contributed by atoms with Gasteiger partial charge in [-0.05, 0) is 37.6 Å². The Hall–Kier alpha value is -3.81. The lowest BCUT2D eigenvalue weighted by molar-refractivity contribution is -0.116. The molecule has 0 bridgehead atoms. The van der Waals surface area contributed by atoms with E-state index in [9.17, 15) is 9.59 Å². The monoisotopic (exact) mass is 463 g/mol. The number of likely N-dealkylation sites (N-methyl/N-ethyl adjacent to an activating group) is 1. The van der Waals surface area contributed by atoms with Crippen LogP contribution in [0.25, 0.3) is 5.69 Å². The fourth-order valence-electron chi connectivity index (χ4n) is 3.45. The second-order valence-corrected chi connectivity index (χ2v) is 9.43. The molecule has 34 heavy (non-hydrogen) atoms. The molecule has 0 spiro atoms. The number of anilines is 2. The Bertz CT molecular complexity index is 1190. The first-order valence-electron chi connectivity index (χ1n) is 11.1. The standard InChI is InChI=1S/C26H33N5O3/c1-17-11-12-21(18(2)13-17)31-23(15-22(29-31)26(3,4)5)28-24(32)16-30(6)25(33)27-19-9-8-10-20(14-19)34-7/h8-15H,16H2,1-7H3,(H,27,33)(H,28,32). The molecule has 8 nitrogen and oxygen atoms in total. The number of methoxy groups -OCH3 is 1. The number of hydrogen-bond donors (Lipinski definition) is 2. The van der Waals surface area contributed by atoms with Crippen LogP contribution in [-0.2, 0) is 10.2 Å². The molecule has 0 radical (unpaired) electrons. The van der Waals surface area contributed by atoms with Gasteiger partial charge in [0, 0.05) is 30.3 Å². The highest BCUT2D eigenvalue weighted by atomic mass is 16.5. The van der Waals surface area contributed by atoms with Gasteiger partial charge in [-0.1, -0.05) is 44.5 Å². The van der Waals surface area contributed by atoms with Crippen LogP contribution in [0.2, 0.25) is 0 Å². The summed E-state index contributed by atoms with van der Waals surface area (Å²) in [6.07, 6.45) is 0. The minimum atomic E-state index is -0.401. The SMILES string of the molecule is COc1cccc(NC(=O)N(C)CC(=O)Nc2cc(C(C)(C)C)nn2-c2ccc(C)cc2C)c1. The van der Waals surface area contributed by atoms with E-state index in [-0.39, 0.29) is 17.9 Å². The van der Waals surface area contributed by atoms with E-state index in [1.54, 1.807) is 43.1 Å². The van der Waals surface area contributed by atoms with Crippen LogP contribution in [0.5, 0.6) is 5.75 Å². The van der Waals surface area contributed by atoms with Crippen LogP contribution >= 0.6 is 0 Å². The summed E-state index contributed by atoms with van der Waals surface area (Å²) in [5, 5.41) is 10.5. The lowest BCUT2D eigenvalue weighted by atomic mass is 9.92. The number of carbonyl (C=O) groups is 2. The Morgan fingerprint density at radius 3 is 2.44 bits per heavy atom. The number of nitrogens with one attached hydrogen (secondary N) is 2. The summed E-state index contributed by atoms with van der Waals surface area (Å²) in [5.74, 6) is 0.866. The Kier molecular flexibility index (Phi) is 7.29. The van der Waals surface area contributed by atoms with Gasteiger partial charge in [-0.2, -0.15) is 5.10 Å². The number of amides is 3. The lowest BCUT2D eigenvalue weighted by Crippen LogP contribution is -2.37. The molecule has 8 heteroatoms. The van der Waals surface area contributed by atoms with Crippen LogP contribution < -0.4 is 15.4 Å². The van der Waals surface area contributed by atoms with E-state index < -0.39 is 6.03 Å². The Morgan fingerprint density at radius 2 is 1.79 bits per heavy atom. The van der Waals surface area contributed by atoms with Crippen LogP contribution in [-0.4, -0.2) is 47.3 Å². The van der Waals surface area contributed by atoms with E-state index >= 15 is 0 Å². The topological polar surface area (TPSA) is 88.5 Å². The molecule has 0 saturated carbocycles. The Balaban J connectivity index is 1.76. The molecule has 1 heterocycles. The molecule has 0 fully saturated rings. The average molecular weight is 464 g/mol. The van der Waals surface area contributed by atoms with Gasteiger partial charge in [0.15, 0.2) is 0 Å². The maximum Gasteiger partial charge on any atom is 0.322 e. The molecule has 0 unspecified atom stereocenters. The van der Waals surface area contributed by atoms with Crippen LogP contribution in [0.1, 0.15) is 37.6 Å². The molecule has 0 aliphatic carbocycles. The smallest absolute Gasteiger partial charge is 0.322 e. The highest BCUT2D eigenvalue weighted by molar-refractivity contribution is 5.96. The van der Waals surface area contributed by atoms with Gasteiger partial charge in [-0.25, -0.2) is 9.48 Å². The molecule has 0 aliphatic heterocycles. The molecule has 0 aliphatic rings. The van der Waals surface area contributed by atoms with E-state index in [4.69, 9.17) is 9.84 Å². The van der Waals surface area contributed by atoms with E-state index in [0.29, 0.717) is 17.3 Å². The molecule has 3 rings (SSSR count). The van der Waals surface area contributed by atoms with Gasteiger partial charge in [0.25, 0.3) is 0 Å². The number of urea groups is 1. The van der Waals surface area contributed by atoms with Crippen molar-refractivity contribution < 1.29 is 14.3 Å². The van der Waals surface area contributed by atoms with E-state index in [1.165, 1.54) is 4.90 Å². The molecular formula is C26H33N5O3. The van der Waals surface area contributed by atoms with E-state index in [0.717, 1.165) is 22.5 Å². The van der Waals surface area contributed by atoms with Crippen molar-refractivity contribution in [1.29, 1.82) is 0 Å². The van der Waals surface area contributed by atoms with Gasteiger partial charge < -0.3 is 20.3 Å². The van der Waals surface area contributed by atoms with Crippen molar-refractivity contribution >= 4 is 23.4 Å². The van der Waals surface area contributed by atoms with Gasteiger partial charge >= 0.3 is 6.03 Å². The molecule has 2 N–H and O–H groups in total. The Labute approximate surface area is 200 Å². The summed E-state index contributed by atoms with van der Waals surface area (Å²) in [5.41, 5.74) is 4.33. The number of aryl methyl sites for hydroxylation is 2. The average Bonchev–Trinajstić information content (AvgIpc) is 3.17. The lowest BCUT2D eigenvalue weighted by Gasteiger charge is -2.18. The zero-order valence-corrected chi connectivity index (χ0v) is 20.9. The zero-order valence-electron chi connectivity index (χ0n) is 20.9. The summed E-state index contributed by atoms with van der Waals surface area (Å²) in [4.78, 5) is 26.8. The van der Waals surface area contributed by atoms with Gasteiger partial charge in [0.2, 0.25) is 5.91 Å². The van der Waals surface area contributed by atoms with Crippen molar-refractivity contribution in [2.75, 3.05) is 31.3 Å². The highest BCUT2D eigenvalue weighted by Gasteiger charge is 2.23. The van der Waals surface area contributed by atoms with E-state index in [2.05, 4.69) is 37.5 Å². The van der Waals surface area contributed by atoms with Crippen molar-refractivity contribution in [1.82, 2.24) is 14.7 Å². The number of aromatic nitrogens is 2. The quantitative estimate of drug-likeness (QED) is 0.544. The van der Waals surface area contributed by atoms with Gasteiger partial charge in [-0.3, -0.25) is 4.79 Å². The van der Waals surface area contributed by atoms with Crippen LogP contribution in [0.3, 0.4) is 0 Å². The first kappa shape index (κ1) is 24.8. The number of benzene rings is 2. The zero-order chi connectivity index (χ0) is 25.0. The number of rotatable bonds is 6. The van der Waals surface area contributed by atoms with Crippen molar-refractivity contribution in [2.24, 2.45) is 0 Å². The third kappa shape index (κ3) is 5.95. The normalized spacial score (nSPS) is 11.1. The number of nitrogens with zero attached hydrogens (tertiary/aromatic N) is 3. The fraction of sp³-hybridized carbons (Fsp3) is 0.346. The van der Waals surface area contributed by atoms with Crippen molar-refractivity contribution in [3.8, 4) is 11.4 Å². The maximum absolute atomic E-state index is 12.9. The van der Waals surface area contributed by atoms with Crippen molar-refractivity contribution in [2.45, 2.75) is 40.0 Å². The fourth-order valence-corrected chi connectivity index (χ4v) is 3.45. The van der Waals surface area contributed by atoms with Crippen LogP contribution in [0, 0.1) is 13.8 Å². The van der Waals surface area contributed by atoms with Crippen molar-refractivity contribution in [3.63, 3.8) is 0 Å². The summed E-state index contributed by atoms with van der Waals surface area (Å²) in [6.45, 7) is 10.1. The first-order valence-corrected chi connectivity index (χ1v) is 11.1. The van der Waals surface area contributed by atoms with Crippen LogP contribution in [0.15, 0.2) is 48.5 Å². The van der Waals surface area contributed by atoms with Gasteiger partial charge in [-0.15, -0.1) is 0 Å². The molecule has 3 aromatic rings. The van der Waals surface area contributed by atoms with Gasteiger partial charge in [0.05, 0.1) is 18.5 Å². The number of carbonyl (C=O) groups excluding carboxylic acids is 2. The summed E-state index contributed by atoms with van der Waals surface area (Å²) < 4.78 is 6.93. The molecular weight excluding hydrogens is 430 g/mol. The van der Waals surface area contributed by atoms with Gasteiger partial charge in [0.1, 0.15) is 18.1 Å². The third-order valence-corrected chi connectivity index (χ3v) is 5.37. The highest BCUT2D eigenvalue weighted by Crippen LogP contribution is 2.28. The third-order valence-electron chi connectivity index (χ3n) is 5.37. The maximum atomic E-state index is 12.9. The second-order valence-electron chi connectivity index (χ2n) is 9.43. The minimum Gasteiger partial charge on any atom is -0.497 e. The predicted molar refractivity (Wildman–Crippen MR) is 135 cm³/mol. The largest absolute Gasteiger partial charge is 0.497 e. The van der Waals surface area contributed by atoms with Crippen LogP contribution in [0.4, 0.5) is 16.3 Å². The molecule has 0 saturated heterocycles. The van der Waals surface area contributed by atoms with E-state index in [1.807, 2.05) is 32.0 Å². The molecule has 0 atom stereocenters. The predicted octanol–water partition coefficient (Wildman–Crippen LogP) is 4.90. The second kappa shape index (κ2) is 9.99. The number of hydrogen-bond acceptors (Lipinski definition) is 4. The summed E-state index contributed by atoms with van der Waals surface area (Å²) >= 11 is 0. The summed E-state index contributed by atoms with van der Waals surface area (Å²) in [7, 11) is 3.13. The molecule has 2 aromatic carbocycles.